The molecule has 0 bridgehead atoms. The van der Waals surface area contributed by atoms with E-state index in [1.165, 1.54) is 4.88 Å². The Morgan fingerprint density at radius 2 is 2.11 bits per heavy atom. The lowest BCUT2D eigenvalue weighted by Crippen LogP contribution is -2.39. The van der Waals surface area contributed by atoms with Crippen LogP contribution in [0, 0.1) is 6.92 Å². The molecule has 3 aromatic rings. The Hall–Kier alpha value is -1.94. The highest BCUT2D eigenvalue weighted by Gasteiger charge is 2.07. The molecule has 0 saturated heterocycles. The minimum Gasteiger partial charge on any atom is -0.357 e. The number of aliphatic imine (C=N–C) groups is 1. The number of guanidine groups is 1. The molecule has 150 valence electrons. The number of imidazole rings is 1. The molecular weight excluding hydrogens is 483 g/mol. The summed E-state index contributed by atoms with van der Waals surface area (Å²) in [5.41, 5.74) is 1.07. The maximum absolute atomic E-state index is 4.69. The molecule has 6 nitrogen and oxygen atoms in total. The first kappa shape index (κ1) is 22.4. The molecule has 0 fully saturated rings. The first-order chi connectivity index (χ1) is 13.2. The predicted molar refractivity (Wildman–Crippen MR) is 127 cm³/mol. The van der Waals surface area contributed by atoms with Crippen molar-refractivity contribution in [2.24, 2.45) is 4.99 Å². The van der Waals surface area contributed by atoms with E-state index in [0.717, 1.165) is 36.3 Å². The van der Waals surface area contributed by atoms with E-state index in [0.29, 0.717) is 12.5 Å². The molecule has 8 heteroatoms. The monoisotopic (exact) mass is 510 g/mol. The van der Waals surface area contributed by atoms with Gasteiger partial charge in [0.1, 0.15) is 11.6 Å². The summed E-state index contributed by atoms with van der Waals surface area (Å²) >= 11 is 1.79. The van der Waals surface area contributed by atoms with Crippen LogP contribution in [0.3, 0.4) is 0 Å². The van der Waals surface area contributed by atoms with Crippen molar-refractivity contribution in [3.8, 4) is 5.82 Å². The number of rotatable bonds is 7. The average molecular weight is 510 g/mol. The second-order valence-corrected chi connectivity index (χ2v) is 7.34. The molecule has 0 aromatic carbocycles. The zero-order valence-corrected chi connectivity index (χ0v) is 19.6. The molecule has 0 aliphatic rings. The van der Waals surface area contributed by atoms with Crippen LogP contribution in [0.1, 0.15) is 36.0 Å². The Kier molecular flexibility index (Phi) is 8.91. The number of nitrogens with zero attached hydrogens (tertiary/aromatic N) is 4. The lowest BCUT2D eigenvalue weighted by Gasteiger charge is -2.15. The number of nitrogens with one attached hydrogen (secondary N) is 2. The number of pyridine rings is 1. The Balaban J connectivity index is 0.00000280. The number of aromatic nitrogens is 3. The van der Waals surface area contributed by atoms with Gasteiger partial charge >= 0.3 is 0 Å². The van der Waals surface area contributed by atoms with Gasteiger partial charge in [-0.15, -0.1) is 35.3 Å². The van der Waals surface area contributed by atoms with Gasteiger partial charge in [0, 0.05) is 42.5 Å². The van der Waals surface area contributed by atoms with E-state index in [2.05, 4.69) is 63.0 Å². The lowest BCUT2D eigenvalue weighted by atomic mass is 10.1. The first-order valence-corrected chi connectivity index (χ1v) is 10.1. The van der Waals surface area contributed by atoms with Gasteiger partial charge in [0.2, 0.25) is 0 Å². The van der Waals surface area contributed by atoms with Gasteiger partial charge in [0.15, 0.2) is 5.96 Å². The van der Waals surface area contributed by atoms with Crippen LogP contribution in [0.15, 0.2) is 53.2 Å². The Morgan fingerprint density at radius 3 is 2.71 bits per heavy atom. The summed E-state index contributed by atoms with van der Waals surface area (Å²) in [7, 11) is 0. The van der Waals surface area contributed by atoms with E-state index < -0.39 is 0 Å². The van der Waals surface area contributed by atoms with Gasteiger partial charge in [-0.1, -0.05) is 19.1 Å². The summed E-state index contributed by atoms with van der Waals surface area (Å²) in [6, 6.07) is 8.33. The molecule has 0 spiro atoms. The SMILES string of the molecule is CCNC(=NCc1ccc(-n2ccnc2C)nc1)NCC(C)c1cccs1.I. The van der Waals surface area contributed by atoms with Gasteiger partial charge in [-0.3, -0.25) is 4.57 Å². The van der Waals surface area contributed by atoms with Crippen molar-refractivity contribution in [2.45, 2.75) is 33.2 Å². The summed E-state index contributed by atoms with van der Waals surface area (Å²) in [5.74, 6) is 3.07. The third kappa shape index (κ3) is 6.03. The van der Waals surface area contributed by atoms with Crippen molar-refractivity contribution in [2.75, 3.05) is 13.1 Å². The fourth-order valence-electron chi connectivity index (χ4n) is 2.71. The topological polar surface area (TPSA) is 67.1 Å². The molecule has 1 unspecified atom stereocenters. The third-order valence-electron chi connectivity index (χ3n) is 4.25. The van der Waals surface area contributed by atoms with E-state index in [1.807, 2.05) is 30.0 Å². The van der Waals surface area contributed by atoms with Gasteiger partial charge in [0.25, 0.3) is 0 Å². The highest BCUT2D eigenvalue weighted by Crippen LogP contribution is 2.19. The van der Waals surface area contributed by atoms with Crippen molar-refractivity contribution in [3.05, 3.63) is 64.5 Å². The number of halogens is 1. The molecule has 0 amide bonds. The van der Waals surface area contributed by atoms with Crippen molar-refractivity contribution in [3.63, 3.8) is 0 Å². The zero-order valence-electron chi connectivity index (χ0n) is 16.4. The molecule has 3 rings (SSSR count). The largest absolute Gasteiger partial charge is 0.357 e. The smallest absolute Gasteiger partial charge is 0.191 e. The number of thiophene rings is 1. The van der Waals surface area contributed by atoms with Crippen LogP contribution < -0.4 is 10.6 Å². The second kappa shape index (κ2) is 11.2. The van der Waals surface area contributed by atoms with Crippen LogP contribution in [0.25, 0.3) is 5.82 Å². The second-order valence-electron chi connectivity index (χ2n) is 6.36. The van der Waals surface area contributed by atoms with Crippen LogP contribution in [-0.4, -0.2) is 33.6 Å². The molecule has 3 heterocycles. The van der Waals surface area contributed by atoms with Crippen LogP contribution in [-0.2, 0) is 6.54 Å². The molecule has 0 aliphatic heterocycles. The highest BCUT2D eigenvalue weighted by molar-refractivity contribution is 14.0. The van der Waals surface area contributed by atoms with Crippen molar-refractivity contribution < 1.29 is 0 Å². The minimum absolute atomic E-state index is 0. The average Bonchev–Trinajstić information content (AvgIpc) is 3.36. The number of aryl methyl sites for hydroxylation is 1. The third-order valence-corrected chi connectivity index (χ3v) is 5.35. The minimum atomic E-state index is 0. The van der Waals surface area contributed by atoms with E-state index >= 15 is 0 Å². The Bertz CT molecular complexity index is 857. The van der Waals surface area contributed by atoms with Crippen LogP contribution in [0.5, 0.6) is 0 Å². The molecule has 28 heavy (non-hydrogen) atoms. The van der Waals surface area contributed by atoms with Gasteiger partial charge in [-0.25, -0.2) is 15.0 Å². The molecule has 2 N–H and O–H groups in total. The molecule has 0 aliphatic carbocycles. The molecule has 0 radical (unpaired) electrons. The first-order valence-electron chi connectivity index (χ1n) is 9.18. The van der Waals surface area contributed by atoms with Crippen molar-refractivity contribution in [1.29, 1.82) is 0 Å². The highest BCUT2D eigenvalue weighted by atomic mass is 127. The Labute approximate surface area is 187 Å². The number of hydrogen-bond donors (Lipinski definition) is 2. The van der Waals surface area contributed by atoms with Gasteiger partial charge < -0.3 is 10.6 Å². The van der Waals surface area contributed by atoms with Crippen LogP contribution in [0.2, 0.25) is 0 Å². The summed E-state index contributed by atoms with van der Waals surface area (Å²) in [6.07, 6.45) is 5.56. The number of hydrogen-bond acceptors (Lipinski definition) is 4. The Morgan fingerprint density at radius 1 is 1.25 bits per heavy atom. The fraction of sp³-hybridized carbons (Fsp3) is 0.350. The fourth-order valence-corrected chi connectivity index (χ4v) is 3.49. The van der Waals surface area contributed by atoms with E-state index in [-0.39, 0.29) is 24.0 Å². The standard InChI is InChI=1S/C20H26N6S.HI/c1-4-21-20(24-12-15(2)18-6-5-11-27-18)25-14-17-7-8-19(23-13-17)26-10-9-22-16(26)3;/h5-11,13,15H,4,12,14H2,1-3H3,(H2,21,24,25);1H. The van der Waals surface area contributed by atoms with Gasteiger partial charge in [-0.2, -0.15) is 0 Å². The van der Waals surface area contributed by atoms with Gasteiger partial charge in [-0.05, 0) is 36.9 Å². The predicted octanol–water partition coefficient (Wildman–Crippen LogP) is 4.11. The quantitative estimate of drug-likeness (QED) is 0.285. The normalized spacial score (nSPS) is 12.3. The van der Waals surface area contributed by atoms with Crippen molar-refractivity contribution in [1.82, 2.24) is 25.2 Å². The van der Waals surface area contributed by atoms with Crippen LogP contribution in [0.4, 0.5) is 0 Å². The molecule has 0 saturated carbocycles. The van der Waals surface area contributed by atoms with Crippen LogP contribution >= 0.6 is 35.3 Å². The molecule has 3 aromatic heterocycles. The molecule has 1 atom stereocenters. The molecular formula is C20H27IN6S. The summed E-state index contributed by atoms with van der Waals surface area (Å²) in [6.45, 7) is 8.52. The van der Waals surface area contributed by atoms with Crippen molar-refractivity contribution >= 4 is 41.3 Å². The van der Waals surface area contributed by atoms with Gasteiger partial charge in [0.05, 0.1) is 6.54 Å². The summed E-state index contributed by atoms with van der Waals surface area (Å²) in [4.78, 5) is 14.8. The lowest BCUT2D eigenvalue weighted by molar-refractivity contribution is 0.709. The maximum Gasteiger partial charge on any atom is 0.191 e. The maximum atomic E-state index is 4.69. The van der Waals surface area contributed by atoms with E-state index in [4.69, 9.17) is 0 Å². The summed E-state index contributed by atoms with van der Waals surface area (Å²) in [5, 5.41) is 8.86. The zero-order chi connectivity index (χ0) is 19.1. The summed E-state index contributed by atoms with van der Waals surface area (Å²) < 4.78 is 1.96. The van der Waals surface area contributed by atoms with E-state index in [1.54, 1.807) is 17.5 Å². The van der Waals surface area contributed by atoms with E-state index in [9.17, 15) is 0 Å².